The third-order valence-corrected chi connectivity index (χ3v) is 5.05. The lowest BCUT2D eigenvalue weighted by atomic mass is 10.0. The average Bonchev–Trinajstić information content (AvgIpc) is 2.61. The molecule has 1 aromatic carbocycles. The van der Waals surface area contributed by atoms with E-state index < -0.39 is 5.60 Å². The number of hydrogen-bond acceptors (Lipinski definition) is 4. The molecule has 5 nitrogen and oxygen atoms in total. The molecule has 1 fully saturated rings. The summed E-state index contributed by atoms with van der Waals surface area (Å²) in [6.07, 6.45) is 0.961. The highest BCUT2D eigenvalue weighted by Crippen LogP contribution is 2.25. The van der Waals surface area contributed by atoms with E-state index >= 15 is 0 Å². The molecule has 0 N–H and O–H groups in total. The van der Waals surface area contributed by atoms with Gasteiger partial charge < -0.3 is 14.5 Å². The third kappa shape index (κ3) is 6.13. The van der Waals surface area contributed by atoms with Crippen molar-refractivity contribution in [1.82, 2.24) is 9.80 Å². The molecule has 1 heterocycles. The van der Waals surface area contributed by atoms with Gasteiger partial charge in [-0.2, -0.15) is 0 Å². The summed E-state index contributed by atoms with van der Waals surface area (Å²) in [5.74, 6) is 0. The highest BCUT2D eigenvalue weighted by molar-refractivity contribution is 5.68. The van der Waals surface area contributed by atoms with E-state index in [2.05, 4.69) is 48.8 Å². The van der Waals surface area contributed by atoms with Crippen LogP contribution in [-0.2, 0) is 11.3 Å². The minimum atomic E-state index is -0.435. The van der Waals surface area contributed by atoms with E-state index in [0.717, 1.165) is 52.2 Å². The predicted octanol–water partition coefficient (Wildman–Crippen LogP) is 4.28. The standard InChI is InChI=1S/C22H37N3O2/c1-7-12-24(8-2)20-11-9-10-19(18(20)3)17-23-13-15-25(16-14-23)21(26)27-22(4,5)6/h9-11H,7-8,12-17H2,1-6H3. The minimum Gasteiger partial charge on any atom is -0.444 e. The molecule has 0 saturated carbocycles. The summed E-state index contributed by atoms with van der Waals surface area (Å²) in [6, 6.07) is 6.64. The van der Waals surface area contributed by atoms with Crippen LogP contribution < -0.4 is 4.90 Å². The lowest BCUT2D eigenvalue weighted by Crippen LogP contribution is -2.49. The summed E-state index contributed by atoms with van der Waals surface area (Å²) in [5, 5.41) is 0. The van der Waals surface area contributed by atoms with Crippen molar-refractivity contribution in [1.29, 1.82) is 0 Å². The van der Waals surface area contributed by atoms with E-state index in [4.69, 9.17) is 4.74 Å². The Hall–Kier alpha value is -1.75. The zero-order valence-corrected chi connectivity index (χ0v) is 18.0. The van der Waals surface area contributed by atoms with Gasteiger partial charge in [0.2, 0.25) is 0 Å². The molecule has 0 atom stereocenters. The van der Waals surface area contributed by atoms with E-state index in [-0.39, 0.29) is 6.09 Å². The van der Waals surface area contributed by atoms with Crippen molar-refractivity contribution >= 4 is 11.8 Å². The monoisotopic (exact) mass is 375 g/mol. The number of rotatable bonds is 6. The first-order valence-corrected chi connectivity index (χ1v) is 10.3. The van der Waals surface area contributed by atoms with Crippen LogP contribution in [0.4, 0.5) is 10.5 Å². The molecular weight excluding hydrogens is 338 g/mol. The van der Waals surface area contributed by atoms with E-state index in [1.54, 1.807) is 0 Å². The topological polar surface area (TPSA) is 36.0 Å². The lowest BCUT2D eigenvalue weighted by molar-refractivity contribution is 0.0139. The maximum atomic E-state index is 12.2. The predicted molar refractivity (Wildman–Crippen MR) is 112 cm³/mol. The van der Waals surface area contributed by atoms with Gasteiger partial charge in [-0.25, -0.2) is 4.79 Å². The summed E-state index contributed by atoms with van der Waals surface area (Å²) in [7, 11) is 0. The van der Waals surface area contributed by atoms with Gasteiger partial charge >= 0.3 is 6.09 Å². The lowest BCUT2D eigenvalue weighted by Gasteiger charge is -2.36. The number of amides is 1. The Morgan fingerprint density at radius 3 is 2.37 bits per heavy atom. The largest absolute Gasteiger partial charge is 0.444 e. The van der Waals surface area contributed by atoms with Crippen LogP contribution in [0.25, 0.3) is 0 Å². The number of carbonyl (C=O) groups excluding carboxylic acids is 1. The van der Waals surface area contributed by atoms with Crippen molar-refractivity contribution in [3.63, 3.8) is 0 Å². The Balaban J connectivity index is 1.96. The molecule has 1 saturated heterocycles. The third-order valence-electron chi connectivity index (χ3n) is 5.05. The Morgan fingerprint density at radius 1 is 1.15 bits per heavy atom. The van der Waals surface area contributed by atoms with Gasteiger partial charge in [0.05, 0.1) is 0 Å². The molecule has 1 aromatic rings. The molecule has 5 heteroatoms. The van der Waals surface area contributed by atoms with E-state index in [9.17, 15) is 4.79 Å². The van der Waals surface area contributed by atoms with Gasteiger partial charge in [0, 0.05) is 51.5 Å². The van der Waals surface area contributed by atoms with Crippen molar-refractivity contribution in [2.24, 2.45) is 0 Å². The zero-order valence-electron chi connectivity index (χ0n) is 18.0. The van der Waals surface area contributed by atoms with E-state index in [1.807, 2.05) is 25.7 Å². The molecule has 152 valence electrons. The number of carbonyl (C=O) groups is 1. The van der Waals surface area contributed by atoms with Crippen molar-refractivity contribution in [3.05, 3.63) is 29.3 Å². The number of hydrogen-bond donors (Lipinski definition) is 0. The molecule has 0 unspecified atom stereocenters. The number of benzene rings is 1. The normalized spacial score (nSPS) is 15.7. The van der Waals surface area contributed by atoms with Crippen LogP contribution in [0.2, 0.25) is 0 Å². The summed E-state index contributed by atoms with van der Waals surface area (Å²) in [6.45, 7) is 18.7. The zero-order chi connectivity index (χ0) is 20.0. The molecule has 1 aliphatic heterocycles. The van der Waals surface area contributed by atoms with Crippen molar-refractivity contribution < 1.29 is 9.53 Å². The van der Waals surface area contributed by atoms with Gasteiger partial charge in [0.25, 0.3) is 0 Å². The fourth-order valence-corrected chi connectivity index (χ4v) is 3.56. The van der Waals surface area contributed by atoms with Crippen LogP contribution in [0.1, 0.15) is 52.2 Å². The highest BCUT2D eigenvalue weighted by Gasteiger charge is 2.26. The second-order valence-corrected chi connectivity index (χ2v) is 8.38. The van der Waals surface area contributed by atoms with Gasteiger partial charge in [0.15, 0.2) is 0 Å². The second-order valence-electron chi connectivity index (χ2n) is 8.38. The number of anilines is 1. The summed E-state index contributed by atoms with van der Waals surface area (Å²) < 4.78 is 5.49. The summed E-state index contributed by atoms with van der Waals surface area (Å²) in [4.78, 5) is 18.9. The molecule has 27 heavy (non-hydrogen) atoms. The first kappa shape index (κ1) is 21.5. The highest BCUT2D eigenvalue weighted by atomic mass is 16.6. The summed E-state index contributed by atoms with van der Waals surface area (Å²) in [5.41, 5.74) is 3.68. The van der Waals surface area contributed by atoms with Crippen LogP contribution in [0.15, 0.2) is 18.2 Å². The molecule has 1 amide bonds. The molecule has 0 aromatic heterocycles. The van der Waals surface area contributed by atoms with Crippen LogP contribution in [0.5, 0.6) is 0 Å². The van der Waals surface area contributed by atoms with Crippen LogP contribution in [0, 0.1) is 6.92 Å². The van der Waals surface area contributed by atoms with E-state index in [0.29, 0.717) is 0 Å². The van der Waals surface area contributed by atoms with E-state index in [1.165, 1.54) is 16.8 Å². The molecule has 2 rings (SSSR count). The fraction of sp³-hybridized carbons (Fsp3) is 0.682. The van der Waals surface area contributed by atoms with Gasteiger partial charge in [-0.1, -0.05) is 19.1 Å². The minimum absolute atomic E-state index is 0.196. The molecular formula is C22H37N3O2. The van der Waals surface area contributed by atoms with Gasteiger partial charge in [-0.05, 0) is 58.2 Å². The number of ether oxygens (including phenoxy) is 1. The molecule has 1 aliphatic rings. The van der Waals surface area contributed by atoms with Gasteiger partial charge in [-0.3, -0.25) is 4.90 Å². The van der Waals surface area contributed by atoms with Gasteiger partial charge in [-0.15, -0.1) is 0 Å². The van der Waals surface area contributed by atoms with Crippen LogP contribution >= 0.6 is 0 Å². The first-order chi connectivity index (χ1) is 12.7. The Bertz CT molecular complexity index is 616. The SMILES string of the molecule is CCCN(CC)c1cccc(CN2CCN(C(=O)OC(C)(C)C)CC2)c1C. The van der Waals surface area contributed by atoms with Crippen molar-refractivity contribution in [3.8, 4) is 0 Å². The number of nitrogens with zero attached hydrogens (tertiary/aromatic N) is 3. The molecule has 0 bridgehead atoms. The first-order valence-electron chi connectivity index (χ1n) is 10.3. The number of piperazine rings is 1. The van der Waals surface area contributed by atoms with Crippen LogP contribution in [0.3, 0.4) is 0 Å². The Kier molecular flexibility index (Phi) is 7.54. The quantitative estimate of drug-likeness (QED) is 0.743. The fourth-order valence-electron chi connectivity index (χ4n) is 3.56. The maximum Gasteiger partial charge on any atom is 0.410 e. The van der Waals surface area contributed by atoms with Crippen molar-refractivity contribution in [2.75, 3.05) is 44.2 Å². The molecule has 0 radical (unpaired) electrons. The second kappa shape index (κ2) is 9.45. The van der Waals surface area contributed by atoms with Gasteiger partial charge in [0.1, 0.15) is 5.60 Å². The summed E-state index contributed by atoms with van der Waals surface area (Å²) >= 11 is 0. The van der Waals surface area contributed by atoms with Crippen LogP contribution in [-0.4, -0.2) is 60.8 Å². The maximum absolute atomic E-state index is 12.2. The Morgan fingerprint density at radius 2 is 1.81 bits per heavy atom. The smallest absolute Gasteiger partial charge is 0.410 e. The Labute approximate surface area is 165 Å². The molecule has 0 spiro atoms. The van der Waals surface area contributed by atoms with Crippen molar-refractivity contribution in [2.45, 2.75) is 60.1 Å². The average molecular weight is 376 g/mol. The molecule has 0 aliphatic carbocycles.